The lowest BCUT2D eigenvalue weighted by molar-refractivity contribution is 0.405. The predicted molar refractivity (Wildman–Crippen MR) is 104 cm³/mol. The van der Waals surface area contributed by atoms with E-state index in [0.717, 1.165) is 0 Å². The summed E-state index contributed by atoms with van der Waals surface area (Å²) >= 11 is 6.14. The van der Waals surface area contributed by atoms with Gasteiger partial charge in [-0.25, -0.2) is 14.4 Å². The van der Waals surface area contributed by atoms with Crippen LogP contribution in [0.25, 0.3) is 0 Å². The summed E-state index contributed by atoms with van der Waals surface area (Å²) in [4.78, 5) is 8.74. The molecular weight excluding hydrogens is 371 g/mol. The maximum atomic E-state index is 13.1. The van der Waals surface area contributed by atoms with Crippen molar-refractivity contribution >= 4 is 34.6 Å². The monoisotopic (exact) mass is 388 g/mol. The topological polar surface area (TPSA) is 68.3 Å². The van der Waals surface area contributed by atoms with Crippen molar-refractivity contribution in [3.63, 3.8) is 0 Å². The third kappa shape index (κ3) is 4.57. The number of nitrogens with one attached hydrogen (secondary N) is 2. The van der Waals surface area contributed by atoms with Crippen LogP contribution in [0.3, 0.4) is 0 Å². The van der Waals surface area contributed by atoms with Gasteiger partial charge >= 0.3 is 0 Å². The summed E-state index contributed by atoms with van der Waals surface area (Å²) in [6.45, 7) is 1.78. The van der Waals surface area contributed by atoms with Crippen LogP contribution in [-0.4, -0.2) is 24.2 Å². The number of nitrogens with zero attached hydrogens (tertiary/aromatic N) is 2. The highest BCUT2D eigenvalue weighted by Crippen LogP contribution is 2.37. The number of methoxy groups -OCH3 is 2. The van der Waals surface area contributed by atoms with E-state index in [-0.39, 0.29) is 5.82 Å². The van der Waals surface area contributed by atoms with Gasteiger partial charge in [0.25, 0.3) is 0 Å². The number of benzene rings is 2. The molecule has 1 aromatic heterocycles. The van der Waals surface area contributed by atoms with Gasteiger partial charge in [0.15, 0.2) is 0 Å². The van der Waals surface area contributed by atoms with Crippen molar-refractivity contribution in [1.29, 1.82) is 0 Å². The van der Waals surface area contributed by atoms with Crippen LogP contribution in [-0.2, 0) is 0 Å². The minimum absolute atomic E-state index is 0.300. The summed E-state index contributed by atoms with van der Waals surface area (Å²) in [5, 5.41) is 6.75. The second-order valence-electron chi connectivity index (χ2n) is 5.63. The van der Waals surface area contributed by atoms with Gasteiger partial charge in [-0.1, -0.05) is 11.6 Å². The molecule has 27 heavy (non-hydrogen) atoms. The minimum atomic E-state index is -0.300. The number of halogens is 2. The molecule has 1 heterocycles. The molecule has 6 nitrogen and oxygen atoms in total. The first kappa shape index (κ1) is 18.7. The second-order valence-corrected chi connectivity index (χ2v) is 6.04. The molecule has 0 atom stereocenters. The van der Waals surface area contributed by atoms with E-state index in [1.807, 2.05) is 0 Å². The fourth-order valence-corrected chi connectivity index (χ4v) is 2.70. The van der Waals surface area contributed by atoms with E-state index in [0.29, 0.717) is 45.4 Å². The average Bonchev–Trinajstić information content (AvgIpc) is 2.64. The van der Waals surface area contributed by atoms with Crippen molar-refractivity contribution in [3.8, 4) is 11.5 Å². The fourth-order valence-electron chi connectivity index (χ4n) is 2.47. The molecule has 0 saturated heterocycles. The van der Waals surface area contributed by atoms with Crippen molar-refractivity contribution in [2.45, 2.75) is 6.92 Å². The molecule has 2 aromatic carbocycles. The molecule has 0 amide bonds. The van der Waals surface area contributed by atoms with Gasteiger partial charge < -0.3 is 20.1 Å². The van der Waals surface area contributed by atoms with E-state index in [1.54, 1.807) is 44.4 Å². The van der Waals surface area contributed by atoms with Crippen molar-refractivity contribution in [2.24, 2.45) is 0 Å². The fraction of sp³-hybridized carbons (Fsp3) is 0.158. The lowest BCUT2D eigenvalue weighted by Crippen LogP contribution is -2.03. The normalized spacial score (nSPS) is 10.4. The zero-order valence-corrected chi connectivity index (χ0v) is 15.8. The summed E-state index contributed by atoms with van der Waals surface area (Å²) in [6, 6.07) is 11.1. The van der Waals surface area contributed by atoms with Crippen LogP contribution in [0, 0.1) is 12.7 Å². The molecule has 0 fully saturated rings. The number of anilines is 4. The van der Waals surface area contributed by atoms with Crippen LogP contribution >= 0.6 is 11.6 Å². The smallest absolute Gasteiger partial charge is 0.144 e. The van der Waals surface area contributed by atoms with E-state index in [2.05, 4.69) is 20.6 Å². The molecule has 0 spiro atoms. The summed E-state index contributed by atoms with van der Waals surface area (Å²) in [6.07, 6.45) is 0. The predicted octanol–water partition coefficient (Wildman–Crippen LogP) is 5.08. The van der Waals surface area contributed by atoms with Crippen LogP contribution in [0.4, 0.5) is 27.4 Å². The van der Waals surface area contributed by atoms with Crippen molar-refractivity contribution in [2.75, 3.05) is 24.9 Å². The molecule has 0 aliphatic heterocycles. The summed E-state index contributed by atoms with van der Waals surface area (Å²) in [5.74, 6) is 2.43. The molecule has 0 bridgehead atoms. The number of aryl methyl sites for hydroxylation is 1. The first-order chi connectivity index (χ1) is 13.0. The lowest BCUT2D eigenvalue weighted by atomic mass is 10.2. The van der Waals surface area contributed by atoms with Gasteiger partial charge in [0, 0.05) is 23.9 Å². The molecule has 8 heteroatoms. The zero-order chi connectivity index (χ0) is 19.4. The lowest BCUT2D eigenvalue weighted by Gasteiger charge is -2.14. The molecular formula is C19H18ClFN4O2. The first-order valence-corrected chi connectivity index (χ1v) is 8.43. The van der Waals surface area contributed by atoms with Gasteiger partial charge in [0.05, 0.1) is 24.9 Å². The van der Waals surface area contributed by atoms with E-state index in [1.165, 1.54) is 19.2 Å². The van der Waals surface area contributed by atoms with E-state index < -0.39 is 0 Å². The molecule has 0 aliphatic rings. The highest BCUT2D eigenvalue weighted by Gasteiger charge is 2.12. The third-order valence-electron chi connectivity index (χ3n) is 3.69. The molecule has 3 rings (SSSR count). The Kier molecular flexibility index (Phi) is 5.61. The SMILES string of the molecule is COc1cc(Nc2cc(Nc3ccc(F)cc3)nc(C)n2)c(OC)cc1Cl. The van der Waals surface area contributed by atoms with Gasteiger partial charge in [0.2, 0.25) is 0 Å². The number of rotatable bonds is 6. The van der Waals surface area contributed by atoms with Crippen LogP contribution < -0.4 is 20.1 Å². The van der Waals surface area contributed by atoms with Gasteiger partial charge in [-0.05, 0) is 31.2 Å². The quantitative estimate of drug-likeness (QED) is 0.613. The first-order valence-electron chi connectivity index (χ1n) is 8.05. The maximum absolute atomic E-state index is 13.1. The standard InChI is InChI=1S/C19H18ClFN4O2/c1-11-22-18(24-13-6-4-12(21)5-7-13)10-19(23-11)25-15-9-16(26-2)14(20)8-17(15)27-3/h4-10H,1-3H3,(H2,22,23,24,25). The Bertz CT molecular complexity index is 951. The Balaban J connectivity index is 1.89. The van der Waals surface area contributed by atoms with Crippen molar-refractivity contribution < 1.29 is 13.9 Å². The van der Waals surface area contributed by atoms with E-state index in [9.17, 15) is 4.39 Å². The Hall–Kier alpha value is -3.06. The van der Waals surface area contributed by atoms with Crippen molar-refractivity contribution in [1.82, 2.24) is 9.97 Å². The molecule has 0 saturated carbocycles. The van der Waals surface area contributed by atoms with Crippen molar-refractivity contribution in [3.05, 3.63) is 59.1 Å². The average molecular weight is 389 g/mol. The summed E-state index contributed by atoms with van der Waals surface area (Å²) in [7, 11) is 3.09. The van der Waals surface area contributed by atoms with Crippen LogP contribution in [0.2, 0.25) is 5.02 Å². The maximum Gasteiger partial charge on any atom is 0.144 e. The Labute approximate surface area is 161 Å². The van der Waals surface area contributed by atoms with Gasteiger partial charge in [-0.2, -0.15) is 0 Å². The van der Waals surface area contributed by atoms with Crippen LogP contribution in [0.15, 0.2) is 42.5 Å². The highest BCUT2D eigenvalue weighted by atomic mass is 35.5. The van der Waals surface area contributed by atoms with Gasteiger partial charge in [-0.3, -0.25) is 0 Å². The van der Waals surface area contributed by atoms with E-state index >= 15 is 0 Å². The number of hydrogen-bond acceptors (Lipinski definition) is 6. The Morgan fingerprint density at radius 3 is 2.15 bits per heavy atom. The zero-order valence-electron chi connectivity index (χ0n) is 15.0. The number of aromatic nitrogens is 2. The highest BCUT2D eigenvalue weighted by molar-refractivity contribution is 6.32. The molecule has 0 radical (unpaired) electrons. The van der Waals surface area contributed by atoms with Gasteiger partial charge in [-0.15, -0.1) is 0 Å². The van der Waals surface area contributed by atoms with Gasteiger partial charge in [0.1, 0.15) is 34.8 Å². The third-order valence-corrected chi connectivity index (χ3v) is 3.99. The Morgan fingerprint density at radius 2 is 1.52 bits per heavy atom. The summed E-state index contributed by atoms with van der Waals surface area (Å²) in [5.41, 5.74) is 1.36. The molecule has 140 valence electrons. The minimum Gasteiger partial charge on any atom is -0.495 e. The molecule has 3 aromatic rings. The molecule has 0 unspecified atom stereocenters. The second kappa shape index (κ2) is 8.09. The summed E-state index contributed by atoms with van der Waals surface area (Å²) < 4.78 is 23.7. The molecule has 0 aliphatic carbocycles. The number of ether oxygens (including phenoxy) is 2. The molecule has 2 N–H and O–H groups in total. The van der Waals surface area contributed by atoms with Crippen LogP contribution in [0.5, 0.6) is 11.5 Å². The van der Waals surface area contributed by atoms with E-state index in [4.69, 9.17) is 21.1 Å². The Morgan fingerprint density at radius 1 is 0.889 bits per heavy atom. The largest absolute Gasteiger partial charge is 0.495 e. The number of hydrogen-bond donors (Lipinski definition) is 2. The van der Waals surface area contributed by atoms with Crippen LogP contribution in [0.1, 0.15) is 5.82 Å².